The van der Waals surface area contributed by atoms with Crippen molar-refractivity contribution in [2.45, 2.75) is 18.4 Å². The summed E-state index contributed by atoms with van der Waals surface area (Å²) in [5.41, 5.74) is 7.89. The van der Waals surface area contributed by atoms with Crippen LogP contribution in [0, 0.1) is 0 Å². The Morgan fingerprint density at radius 2 is 1.92 bits per heavy atom. The first kappa shape index (κ1) is 15.2. The second kappa shape index (κ2) is 5.45. The Labute approximate surface area is 150 Å². The summed E-state index contributed by atoms with van der Waals surface area (Å²) < 4.78 is 0. The van der Waals surface area contributed by atoms with Gasteiger partial charge in [-0.2, -0.15) is 0 Å². The molecule has 3 aromatic rings. The molecule has 7 nitrogen and oxygen atoms in total. The van der Waals surface area contributed by atoms with E-state index in [1.807, 2.05) is 29.3 Å². The van der Waals surface area contributed by atoms with Gasteiger partial charge in [-0.15, -0.1) is 0 Å². The number of piperazine rings is 1. The molecule has 2 aromatic heterocycles. The summed E-state index contributed by atoms with van der Waals surface area (Å²) in [5, 5.41) is 1.03. The Hall–Kier alpha value is -3.09. The normalized spacial score (nSPS) is 18.5. The van der Waals surface area contributed by atoms with Crippen LogP contribution in [0.5, 0.6) is 0 Å². The SMILES string of the molecule is Nc1ccc(C(=O)N2CCN(c3ncnc4[nH]ccc34)CC23CC3)cc1. The zero-order chi connectivity index (χ0) is 17.7. The van der Waals surface area contributed by atoms with Gasteiger partial charge in [0.2, 0.25) is 0 Å². The number of carbonyl (C=O) groups excluding carboxylic acids is 1. The molecular formula is C19H20N6O. The quantitative estimate of drug-likeness (QED) is 0.692. The Balaban J connectivity index is 1.42. The number of hydrogen-bond acceptors (Lipinski definition) is 5. The molecule has 1 saturated carbocycles. The third-order valence-corrected chi connectivity index (χ3v) is 5.51. The number of nitrogens with one attached hydrogen (secondary N) is 1. The van der Waals surface area contributed by atoms with Crippen molar-refractivity contribution >= 4 is 28.4 Å². The zero-order valence-electron chi connectivity index (χ0n) is 14.4. The number of aromatic nitrogens is 3. The van der Waals surface area contributed by atoms with Crippen LogP contribution in [0.3, 0.4) is 0 Å². The molecule has 7 heteroatoms. The minimum atomic E-state index is -0.0791. The van der Waals surface area contributed by atoms with E-state index in [2.05, 4.69) is 19.9 Å². The van der Waals surface area contributed by atoms with Crippen molar-refractivity contribution in [2.24, 2.45) is 0 Å². The van der Waals surface area contributed by atoms with Gasteiger partial charge in [0.15, 0.2) is 0 Å². The van der Waals surface area contributed by atoms with Crippen LogP contribution in [0.25, 0.3) is 11.0 Å². The van der Waals surface area contributed by atoms with Crippen molar-refractivity contribution in [3.63, 3.8) is 0 Å². The number of benzene rings is 1. The smallest absolute Gasteiger partial charge is 0.254 e. The molecule has 0 atom stereocenters. The molecular weight excluding hydrogens is 328 g/mol. The largest absolute Gasteiger partial charge is 0.399 e. The maximum absolute atomic E-state index is 13.0. The maximum Gasteiger partial charge on any atom is 0.254 e. The van der Waals surface area contributed by atoms with Crippen molar-refractivity contribution in [3.8, 4) is 0 Å². The van der Waals surface area contributed by atoms with Crippen molar-refractivity contribution in [1.82, 2.24) is 19.9 Å². The lowest BCUT2D eigenvalue weighted by molar-refractivity contribution is 0.0624. The van der Waals surface area contributed by atoms with Crippen LogP contribution >= 0.6 is 0 Å². The van der Waals surface area contributed by atoms with Crippen LogP contribution in [0.15, 0.2) is 42.9 Å². The van der Waals surface area contributed by atoms with E-state index >= 15 is 0 Å². The van der Waals surface area contributed by atoms with Gasteiger partial charge in [0.05, 0.1) is 10.9 Å². The topological polar surface area (TPSA) is 91.1 Å². The molecule has 1 aromatic carbocycles. The van der Waals surface area contributed by atoms with Gasteiger partial charge in [0, 0.05) is 37.1 Å². The number of aromatic amines is 1. The Morgan fingerprint density at radius 3 is 2.69 bits per heavy atom. The molecule has 5 rings (SSSR count). The maximum atomic E-state index is 13.0. The average Bonchev–Trinajstić information content (AvgIpc) is 3.24. The molecule has 132 valence electrons. The van der Waals surface area contributed by atoms with Gasteiger partial charge in [0.1, 0.15) is 17.8 Å². The molecule has 3 N–H and O–H groups in total. The number of rotatable bonds is 2. The Bertz CT molecular complexity index is 975. The summed E-state index contributed by atoms with van der Waals surface area (Å²) >= 11 is 0. The highest BCUT2D eigenvalue weighted by Crippen LogP contribution is 2.46. The third-order valence-electron chi connectivity index (χ3n) is 5.51. The van der Waals surface area contributed by atoms with E-state index in [0.717, 1.165) is 42.8 Å². The van der Waals surface area contributed by atoms with E-state index < -0.39 is 0 Å². The second-order valence-electron chi connectivity index (χ2n) is 7.16. The standard InChI is InChI=1S/C19H20N6O/c20-14-3-1-13(2-4-14)18(26)25-10-9-24(11-19(25)6-7-19)17-15-5-8-21-16(15)22-12-23-17/h1-5,8,12H,6-7,9-11,20H2,(H,21,22,23). The number of anilines is 2. The summed E-state index contributed by atoms with van der Waals surface area (Å²) in [6.07, 6.45) is 5.55. The van der Waals surface area contributed by atoms with Crippen molar-refractivity contribution in [1.29, 1.82) is 0 Å². The predicted octanol–water partition coefficient (Wildman–Crippen LogP) is 2.04. The van der Waals surface area contributed by atoms with Crippen LogP contribution in [-0.2, 0) is 0 Å². The fraction of sp³-hybridized carbons (Fsp3) is 0.316. The lowest BCUT2D eigenvalue weighted by Gasteiger charge is -2.42. The van der Waals surface area contributed by atoms with Gasteiger partial charge in [-0.05, 0) is 43.2 Å². The minimum Gasteiger partial charge on any atom is -0.399 e. The van der Waals surface area contributed by atoms with E-state index in [-0.39, 0.29) is 11.4 Å². The highest BCUT2D eigenvalue weighted by Gasteiger charge is 2.53. The lowest BCUT2D eigenvalue weighted by Crippen LogP contribution is -2.57. The first-order valence-corrected chi connectivity index (χ1v) is 8.87. The second-order valence-corrected chi connectivity index (χ2v) is 7.16. The molecule has 0 unspecified atom stereocenters. The van der Waals surface area contributed by atoms with Crippen molar-refractivity contribution in [2.75, 3.05) is 30.3 Å². The third kappa shape index (κ3) is 2.31. The number of H-pyrrole nitrogens is 1. The van der Waals surface area contributed by atoms with Gasteiger partial charge in [-0.3, -0.25) is 4.79 Å². The van der Waals surface area contributed by atoms with Gasteiger partial charge in [-0.1, -0.05) is 0 Å². The fourth-order valence-corrected chi connectivity index (χ4v) is 3.94. The summed E-state index contributed by atoms with van der Waals surface area (Å²) in [6, 6.07) is 9.21. The van der Waals surface area contributed by atoms with Crippen LogP contribution < -0.4 is 10.6 Å². The van der Waals surface area contributed by atoms with E-state index in [9.17, 15) is 4.79 Å². The predicted molar refractivity (Wildman–Crippen MR) is 100.0 cm³/mol. The number of nitrogens with zero attached hydrogens (tertiary/aromatic N) is 4. The van der Waals surface area contributed by atoms with E-state index in [1.54, 1.807) is 18.5 Å². The van der Waals surface area contributed by atoms with Crippen molar-refractivity contribution in [3.05, 3.63) is 48.4 Å². The molecule has 26 heavy (non-hydrogen) atoms. The first-order chi connectivity index (χ1) is 12.7. The van der Waals surface area contributed by atoms with E-state index in [1.165, 1.54) is 0 Å². The zero-order valence-corrected chi connectivity index (χ0v) is 14.4. The molecule has 1 saturated heterocycles. The number of carbonyl (C=O) groups is 1. The monoisotopic (exact) mass is 348 g/mol. The summed E-state index contributed by atoms with van der Waals surface area (Å²) in [6.45, 7) is 2.27. The Kier molecular flexibility index (Phi) is 3.19. The molecule has 0 bridgehead atoms. The molecule has 2 fully saturated rings. The van der Waals surface area contributed by atoms with Crippen LogP contribution in [0.4, 0.5) is 11.5 Å². The van der Waals surface area contributed by atoms with Gasteiger partial charge < -0.3 is 20.5 Å². The number of nitrogen functional groups attached to an aromatic ring is 1. The lowest BCUT2D eigenvalue weighted by atomic mass is 10.1. The highest BCUT2D eigenvalue weighted by atomic mass is 16.2. The average molecular weight is 348 g/mol. The fourth-order valence-electron chi connectivity index (χ4n) is 3.94. The number of hydrogen-bond donors (Lipinski definition) is 2. The van der Waals surface area contributed by atoms with Crippen LogP contribution in [-0.4, -0.2) is 50.9 Å². The first-order valence-electron chi connectivity index (χ1n) is 8.87. The summed E-state index contributed by atoms with van der Waals surface area (Å²) in [5.74, 6) is 1.04. The summed E-state index contributed by atoms with van der Waals surface area (Å²) in [7, 11) is 0. The molecule has 0 radical (unpaired) electrons. The summed E-state index contributed by atoms with van der Waals surface area (Å²) in [4.78, 5) is 29.3. The van der Waals surface area contributed by atoms with Crippen molar-refractivity contribution < 1.29 is 4.79 Å². The molecule has 3 heterocycles. The molecule has 1 aliphatic carbocycles. The molecule has 1 amide bonds. The van der Waals surface area contributed by atoms with Gasteiger partial charge >= 0.3 is 0 Å². The van der Waals surface area contributed by atoms with Gasteiger partial charge in [-0.25, -0.2) is 9.97 Å². The van der Waals surface area contributed by atoms with Gasteiger partial charge in [0.25, 0.3) is 5.91 Å². The van der Waals surface area contributed by atoms with E-state index in [4.69, 9.17) is 5.73 Å². The van der Waals surface area contributed by atoms with Crippen LogP contribution in [0.2, 0.25) is 0 Å². The highest BCUT2D eigenvalue weighted by molar-refractivity contribution is 5.95. The minimum absolute atomic E-state index is 0.0791. The molecule has 2 aliphatic rings. The number of nitrogens with two attached hydrogens (primary N) is 1. The van der Waals surface area contributed by atoms with Crippen LogP contribution in [0.1, 0.15) is 23.2 Å². The van der Waals surface area contributed by atoms with E-state index in [0.29, 0.717) is 17.8 Å². The molecule has 1 aliphatic heterocycles. The number of fused-ring (bicyclic) bond motifs is 1. The molecule has 1 spiro atoms. The Morgan fingerprint density at radius 1 is 1.12 bits per heavy atom. The number of amides is 1.